The van der Waals surface area contributed by atoms with Crippen LogP contribution in [0.4, 0.5) is 0 Å². The number of nitrogens with one attached hydrogen (secondary N) is 2. The summed E-state index contributed by atoms with van der Waals surface area (Å²) in [6.45, 7) is 6.70. The van der Waals surface area contributed by atoms with Crippen LogP contribution in [0, 0.1) is 5.92 Å². The third-order valence-corrected chi connectivity index (χ3v) is 3.58. The molecule has 0 aromatic carbocycles. The van der Waals surface area contributed by atoms with Gasteiger partial charge in [0, 0.05) is 6.04 Å². The highest BCUT2D eigenvalue weighted by molar-refractivity contribution is 5.79. The molecule has 0 aromatic heterocycles. The van der Waals surface area contributed by atoms with Crippen LogP contribution in [0.2, 0.25) is 0 Å². The van der Waals surface area contributed by atoms with E-state index in [1.807, 2.05) is 0 Å². The van der Waals surface area contributed by atoms with Crippen molar-refractivity contribution in [2.45, 2.75) is 77.8 Å². The van der Waals surface area contributed by atoms with Gasteiger partial charge in [-0.25, -0.2) is 10.8 Å². The molecule has 4 nitrogen and oxygen atoms in total. The van der Waals surface area contributed by atoms with Gasteiger partial charge in [0.1, 0.15) is 0 Å². The maximum absolute atomic E-state index is 5.55. The second-order valence-corrected chi connectivity index (χ2v) is 5.93. The lowest BCUT2D eigenvalue weighted by atomic mass is 9.96. The van der Waals surface area contributed by atoms with Crippen molar-refractivity contribution in [3.05, 3.63) is 0 Å². The van der Waals surface area contributed by atoms with Gasteiger partial charge in [-0.2, -0.15) is 0 Å². The van der Waals surface area contributed by atoms with Crippen LogP contribution in [0.3, 0.4) is 0 Å². The maximum Gasteiger partial charge on any atom is 0.206 e. The number of hydrazine groups is 1. The van der Waals surface area contributed by atoms with E-state index in [9.17, 15) is 0 Å². The largest absolute Gasteiger partial charge is 0.353 e. The minimum atomic E-state index is 0.422. The molecule has 1 rings (SSSR count). The van der Waals surface area contributed by atoms with E-state index in [0.29, 0.717) is 12.1 Å². The number of nitrogens with two attached hydrogens (primary N) is 1. The minimum Gasteiger partial charge on any atom is -0.353 e. The van der Waals surface area contributed by atoms with Crippen LogP contribution in [0.25, 0.3) is 0 Å². The minimum absolute atomic E-state index is 0.422. The molecule has 1 saturated carbocycles. The third-order valence-electron chi connectivity index (χ3n) is 3.58. The van der Waals surface area contributed by atoms with Gasteiger partial charge in [0.25, 0.3) is 0 Å². The molecular formula is C14H30N4. The number of hydrogen-bond acceptors (Lipinski definition) is 2. The van der Waals surface area contributed by atoms with Crippen molar-refractivity contribution < 1.29 is 0 Å². The average Bonchev–Trinajstić information content (AvgIpc) is 2.37. The molecule has 0 spiro atoms. The molecule has 4 heteroatoms. The molecule has 0 saturated heterocycles. The van der Waals surface area contributed by atoms with Crippen molar-refractivity contribution in [2.75, 3.05) is 0 Å². The zero-order chi connectivity index (χ0) is 13.4. The Labute approximate surface area is 112 Å². The summed E-state index contributed by atoms with van der Waals surface area (Å²) < 4.78 is 0. The zero-order valence-corrected chi connectivity index (χ0v) is 12.2. The Morgan fingerprint density at radius 1 is 1.17 bits per heavy atom. The van der Waals surface area contributed by atoms with Gasteiger partial charge in [0.2, 0.25) is 5.96 Å². The molecule has 106 valence electrons. The normalized spacial score (nSPS) is 19.9. The van der Waals surface area contributed by atoms with Crippen molar-refractivity contribution in [3.63, 3.8) is 0 Å². The summed E-state index contributed by atoms with van der Waals surface area (Å²) in [5.41, 5.74) is 2.71. The summed E-state index contributed by atoms with van der Waals surface area (Å²) in [5, 5.41) is 3.38. The number of aliphatic imine (C=N–C) groups is 1. The van der Waals surface area contributed by atoms with E-state index in [1.165, 1.54) is 38.5 Å². The molecule has 0 radical (unpaired) electrons. The van der Waals surface area contributed by atoms with Crippen LogP contribution >= 0.6 is 0 Å². The Bertz CT molecular complexity index is 244. The second-order valence-electron chi connectivity index (χ2n) is 5.93. The van der Waals surface area contributed by atoms with Gasteiger partial charge in [-0.15, -0.1) is 0 Å². The van der Waals surface area contributed by atoms with Crippen molar-refractivity contribution >= 4 is 5.96 Å². The van der Waals surface area contributed by atoms with Crippen molar-refractivity contribution in [1.82, 2.24) is 10.7 Å². The van der Waals surface area contributed by atoms with Gasteiger partial charge in [0.15, 0.2) is 0 Å². The Kier molecular flexibility index (Phi) is 7.09. The number of guanidine groups is 1. The Balaban J connectivity index is 2.37. The molecule has 18 heavy (non-hydrogen) atoms. The Hall–Kier alpha value is -0.770. The fourth-order valence-electron chi connectivity index (χ4n) is 2.40. The first-order chi connectivity index (χ1) is 8.61. The molecule has 1 aliphatic carbocycles. The lowest BCUT2D eigenvalue weighted by molar-refractivity contribution is 0.438. The molecule has 0 bridgehead atoms. The standard InChI is InChI=1S/C14H30N4/c1-11(2)9-10-12(3)16-14(18-15)17-13-7-5-4-6-8-13/h11-13H,4-10,15H2,1-3H3,(H2,16,17,18). The number of rotatable bonds is 5. The highest BCUT2D eigenvalue weighted by atomic mass is 15.3. The van der Waals surface area contributed by atoms with Gasteiger partial charge >= 0.3 is 0 Å². The van der Waals surface area contributed by atoms with Gasteiger partial charge < -0.3 is 5.32 Å². The quantitative estimate of drug-likeness (QED) is 0.306. The molecule has 0 heterocycles. The maximum atomic E-state index is 5.55. The van der Waals surface area contributed by atoms with E-state index in [-0.39, 0.29) is 0 Å². The monoisotopic (exact) mass is 254 g/mol. The number of nitrogens with zero attached hydrogens (tertiary/aromatic N) is 1. The van der Waals surface area contributed by atoms with Crippen LogP contribution in [0.5, 0.6) is 0 Å². The van der Waals surface area contributed by atoms with Crippen LogP contribution in [-0.2, 0) is 0 Å². The first kappa shape index (κ1) is 15.3. The predicted molar refractivity (Wildman–Crippen MR) is 78.3 cm³/mol. The van der Waals surface area contributed by atoms with Gasteiger partial charge in [-0.05, 0) is 38.5 Å². The second kappa shape index (κ2) is 8.35. The predicted octanol–water partition coefficient (Wildman–Crippen LogP) is 2.55. The Morgan fingerprint density at radius 3 is 2.39 bits per heavy atom. The highest BCUT2D eigenvalue weighted by Crippen LogP contribution is 2.20. The van der Waals surface area contributed by atoms with Gasteiger partial charge in [-0.3, -0.25) is 5.43 Å². The van der Waals surface area contributed by atoms with Crippen molar-refractivity contribution in [3.8, 4) is 0 Å². The first-order valence-corrected chi connectivity index (χ1v) is 7.42. The molecule has 0 amide bonds. The third kappa shape index (κ3) is 6.24. The van der Waals surface area contributed by atoms with Crippen LogP contribution in [0.1, 0.15) is 65.7 Å². The molecule has 1 fully saturated rings. The van der Waals surface area contributed by atoms with Crippen molar-refractivity contribution in [2.24, 2.45) is 16.8 Å². The lowest BCUT2D eigenvalue weighted by Crippen LogP contribution is -2.46. The molecule has 0 aromatic rings. The fourth-order valence-corrected chi connectivity index (χ4v) is 2.40. The summed E-state index contributed by atoms with van der Waals surface area (Å²) in [6.07, 6.45) is 8.75. The smallest absolute Gasteiger partial charge is 0.206 e. The van der Waals surface area contributed by atoms with Gasteiger partial charge in [0.05, 0.1) is 6.04 Å². The number of hydrogen-bond donors (Lipinski definition) is 3. The van der Waals surface area contributed by atoms with Crippen LogP contribution < -0.4 is 16.6 Å². The lowest BCUT2D eigenvalue weighted by Gasteiger charge is -2.22. The zero-order valence-electron chi connectivity index (χ0n) is 12.2. The molecule has 4 N–H and O–H groups in total. The van der Waals surface area contributed by atoms with E-state index >= 15 is 0 Å². The highest BCUT2D eigenvalue weighted by Gasteiger charge is 2.13. The summed E-state index contributed by atoms with van der Waals surface area (Å²) in [6, 6.07) is 0.875. The summed E-state index contributed by atoms with van der Waals surface area (Å²) in [5.74, 6) is 7.06. The van der Waals surface area contributed by atoms with E-state index in [0.717, 1.165) is 18.3 Å². The van der Waals surface area contributed by atoms with Gasteiger partial charge in [-0.1, -0.05) is 33.1 Å². The SMILES string of the molecule is CC(C)CCC(C)NC(=NC1CCCCC1)NN. The summed E-state index contributed by atoms with van der Waals surface area (Å²) >= 11 is 0. The summed E-state index contributed by atoms with van der Waals surface area (Å²) in [7, 11) is 0. The van der Waals surface area contributed by atoms with E-state index in [2.05, 4.69) is 31.5 Å². The van der Waals surface area contributed by atoms with Crippen LogP contribution in [-0.4, -0.2) is 18.0 Å². The van der Waals surface area contributed by atoms with E-state index in [4.69, 9.17) is 10.8 Å². The van der Waals surface area contributed by atoms with Crippen LogP contribution in [0.15, 0.2) is 4.99 Å². The molecule has 1 unspecified atom stereocenters. The molecular weight excluding hydrogens is 224 g/mol. The van der Waals surface area contributed by atoms with Crippen molar-refractivity contribution in [1.29, 1.82) is 0 Å². The topological polar surface area (TPSA) is 62.4 Å². The Morgan fingerprint density at radius 2 is 1.83 bits per heavy atom. The molecule has 1 aliphatic rings. The van der Waals surface area contributed by atoms with E-state index < -0.39 is 0 Å². The molecule has 0 aliphatic heterocycles. The summed E-state index contributed by atoms with van der Waals surface area (Å²) in [4.78, 5) is 4.69. The first-order valence-electron chi connectivity index (χ1n) is 7.42. The fraction of sp³-hybridized carbons (Fsp3) is 0.929. The average molecular weight is 254 g/mol. The van der Waals surface area contributed by atoms with E-state index in [1.54, 1.807) is 0 Å². The molecule has 1 atom stereocenters.